The van der Waals surface area contributed by atoms with Crippen LogP contribution in [0.4, 0.5) is 17.5 Å². The van der Waals surface area contributed by atoms with Crippen LogP contribution in [-0.2, 0) is 4.74 Å². The average Bonchev–Trinajstić information content (AvgIpc) is 2.95. The third-order valence-electron chi connectivity index (χ3n) is 5.40. The van der Waals surface area contributed by atoms with Gasteiger partial charge in [-0.1, -0.05) is 18.2 Å². The van der Waals surface area contributed by atoms with Crippen molar-refractivity contribution in [3.63, 3.8) is 0 Å². The van der Waals surface area contributed by atoms with E-state index in [9.17, 15) is 0 Å². The van der Waals surface area contributed by atoms with Crippen LogP contribution in [0.25, 0.3) is 0 Å². The third kappa shape index (κ3) is 4.16. The van der Waals surface area contributed by atoms with Crippen molar-refractivity contribution in [2.24, 2.45) is 0 Å². The molecule has 2 fully saturated rings. The molecule has 4 rings (SSSR count). The maximum atomic E-state index is 5.46. The maximum Gasteiger partial charge on any atom is 0.227 e. The van der Waals surface area contributed by atoms with E-state index in [4.69, 9.17) is 9.72 Å². The van der Waals surface area contributed by atoms with Gasteiger partial charge in [0.15, 0.2) is 0 Å². The Morgan fingerprint density at radius 1 is 0.815 bits per heavy atom. The number of rotatable bonds is 3. The van der Waals surface area contributed by atoms with Crippen molar-refractivity contribution in [2.45, 2.75) is 20.3 Å². The molecular weight excluding hydrogens is 338 g/mol. The topological polar surface area (TPSA) is 44.7 Å². The molecule has 27 heavy (non-hydrogen) atoms. The molecule has 1 aromatic carbocycles. The Labute approximate surface area is 161 Å². The lowest BCUT2D eigenvalue weighted by Gasteiger charge is -2.29. The molecule has 2 saturated heterocycles. The summed E-state index contributed by atoms with van der Waals surface area (Å²) in [6, 6.07) is 10.8. The predicted octanol–water partition coefficient (Wildman–Crippen LogP) is 2.65. The fourth-order valence-corrected chi connectivity index (χ4v) is 3.91. The number of aromatic nitrogens is 2. The highest BCUT2D eigenvalue weighted by atomic mass is 16.5. The van der Waals surface area contributed by atoms with Gasteiger partial charge in [-0.15, -0.1) is 0 Å². The van der Waals surface area contributed by atoms with E-state index in [2.05, 4.69) is 63.9 Å². The summed E-state index contributed by atoms with van der Waals surface area (Å²) >= 11 is 0. The normalized spacial score (nSPS) is 18.5. The Morgan fingerprint density at radius 2 is 1.56 bits per heavy atom. The van der Waals surface area contributed by atoms with Gasteiger partial charge in [0.2, 0.25) is 5.95 Å². The molecule has 0 amide bonds. The van der Waals surface area contributed by atoms with Crippen LogP contribution < -0.4 is 14.7 Å². The van der Waals surface area contributed by atoms with E-state index >= 15 is 0 Å². The number of morpholine rings is 1. The lowest BCUT2D eigenvalue weighted by Crippen LogP contribution is -2.38. The van der Waals surface area contributed by atoms with Gasteiger partial charge in [0.05, 0.1) is 13.2 Å². The van der Waals surface area contributed by atoms with Crippen LogP contribution in [0.2, 0.25) is 0 Å². The molecule has 2 aliphatic heterocycles. The molecule has 0 spiro atoms. The van der Waals surface area contributed by atoms with Crippen molar-refractivity contribution in [3.8, 4) is 0 Å². The van der Waals surface area contributed by atoms with Crippen LogP contribution in [0.1, 0.15) is 17.7 Å². The second-order valence-corrected chi connectivity index (χ2v) is 7.38. The van der Waals surface area contributed by atoms with Crippen molar-refractivity contribution in [2.75, 3.05) is 67.2 Å². The van der Waals surface area contributed by atoms with Crippen LogP contribution in [0.5, 0.6) is 0 Å². The van der Waals surface area contributed by atoms with Gasteiger partial charge < -0.3 is 19.4 Å². The van der Waals surface area contributed by atoms with Gasteiger partial charge >= 0.3 is 0 Å². The number of hydrogen-bond donors (Lipinski definition) is 0. The molecule has 2 aliphatic rings. The first-order chi connectivity index (χ1) is 13.2. The van der Waals surface area contributed by atoms with Gasteiger partial charge in [0.25, 0.3) is 0 Å². The first kappa shape index (κ1) is 18.0. The number of nitrogens with zero attached hydrogens (tertiary/aromatic N) is 5. The molecule has 0 N–H and O–H groups in total. The second kappa shape index (κ2) is 8.13. The summed E-state index contributed by atoms with van der Waals surface area (Å²) in [5.74, 6) is 1.89. The van der Waals surface area contributed by atoms with Crippen LogP contribution in [0, 0.1) is 13.8 Å². The van der Waals surface area contributed by atoms with E-state index in [1.807, 2.05) is 0 Å². The SMILES string of the molecule is Cc1cc(N2CCCN(c3ccccc3C)CC2)nc(N2CCOCC2)n1. The number of benzene rings is 1. The van der Waals surface area contributed by atoms with Gasteiger partial charge in [-0.25, -0.2) is 4.98 Å². The highest BCUT2D eigenvalue weighted by Gasteiger charge is 2.20. The number of hydrogen-bond acceptors (Lipinski definition) is 6. The number of ether oxygens (including phenoxy) is 1. The smallest absolute Gasteiger partial charge is 0.227 e. The minimum atomic E-state index is 0.752. The van der Waals surface area contributed by atoms with E-state index in [-0.39, 0.29) is 0 Å². The van der Waals surface area contributed by atoms with Gasteiger partial charge in [0, 0.05) is 56.7 Å². The largest absolute Gasteiger partial charge is 0.378 e. The zero-order chi connectivity index (χ0) is 18.6. The van der Waals surface area contributed by atoms with E-state index in [1.165, 1.54) is 11.3 Å². The quantitative estimate of drug-likeness (QED) is 0.831. The molecule has 3 heterocycles. The maximum absolute atomic E-state index is 5.46. The summed E-state index contributed by atoms with van der Waals surface area (Å²) in [6.45, 7) is 11.6. The predicted molar refractivity (Wildman–Crippen MR) is 110 cm³/mol. The molecule has 0 radical (unpaired) electrons. The fourth-order valence-electron chi connectivity index (χ4n) is 3.91. The van der Waals surface area contributed by atoms with Crippen LogP contribution in [0.15, 0.2) is 30.3 Å². The molecule has 0 bridgehead atoms. The van der Waals surface area contributed by atoms with Crippen molar-refractivity contribution >= 4 is 17.5 Å². The molecule has 144 valence electrons. The van der Waals surface area contributed by atoms with Crippen molar-refractivity contribution in [1.82, 2.24) is 9.97 Å². The van der Waals surface area contributed by atoms with Gasteiger partial charge in [-0.2, -0.15) is 4.98 Å². The summed E-state index contributed by atoms with van der Waals surface area (Å²) in [4.78, 5) is 16.7. The Kier molecular flexibility index (Phi) is 5.43. The van der Waals surface area contributed by atoms with Gasteiger partial charge in [-0.05, 0) is 31.9 Å². The monoisotopic (exact) mass is 367 g/mol. The lowest BCUT2D eigenvalue weighted by atomic mass is 10.2. The minimum absolute atomic E-state index is 0.752. The van der Waals surface area contributed by atoms with Crippen molar-refractivity contribution in [1.29, 1.82) is 0 Å². The Morgan fingerprint density at radius 3 is 2.37 bits per heavy atom. The van der Waals surface area contributed by atoms with Crippen LogP contribution >= 0.6 is 0 Å². The molecule has 6 heteroatoms. The van der Waals surface area contributed by atoms with E-state index < -0.39 is 0 Å². The summed E-state index contributed by atoms with van der Waals surface area (Å²) in [6.07, 6.45) is 1.13. The zero-order valence-electron chi connectivity index (χ0n) is 16.4. The van der Waals surface area contributed by atoms with E-state index in [1.54, 1.807) is 0 Å². The second-order valence-electron chi connectivity index (χ2n) is 7.38. The van der Waals surface area contributed by atoms with E-state index in [0.717, 1.165) is 76.4 Å². The molecule has 0 aliphatic carbocycles. The fraction of sp³-hybridized carbons (Fsp3) is 0.524. The molecule has 0 unspecified atom stereocenters. The Bertz CT molecular complexity index is 775. The van der Waals surface area contributed by atoms with Gasteiger partial charge in [0.1, 0.15) is 5.82 Å². The standard InChI is InChI=1S/C21H29N5O/c1-17-6-3-4-7-19(17)24-8-5-9-25(11-10-24)20-16-18(2)22-21(23-20)26-12-14-27-15-13-26/h3-4,6-7,16H,5,8-15H2,1-2H3. The highest BCUT2D eigenvalue weighted by molar-refractivity contribution is 5.54. The van der Waals surface area contributed by atoms with Gasteiger partial charge in [-0.3, -0.25) is 0 Å². The summed E-state index contributed by atoms with van der Waals surface area (Å²) < 4.78 is 5.46. The molecule has 0 saturated carbocycles. The van der Waals surface area contributed by atoms with Crippen molar-refractivity contribution in [3.05, 3.63) is 41.6 Å². The van der Waals surface area contributed by atoms with E-state index in [0.29, 0.717) is 0 Å². The zero-order valence-corrected chi connectivity index (χ0v) is 16.4. The summed E-state index contributed by atoms with van der Waals surface area (Å²) in [5.41, 5.74) is 3.73. The van der Waals surface area contributed by atoms with Crippen LogP contribution in [-0.4, -0.2) is 62.5 Å². The number of anilines is 3. The minimum Gasteiger partial charge on any atom is -0.378 e. The average molecular weight is 367 g/mol. The summed E-state index contributed by atoms with van der Waals surface area (Å²) in [7, 11) is 0. The molecule has 1 aromatic heterocycles. The van der Waals surface area contributed by atoms with Crippen molar-refractivity contribution < 1.29 is 4.74 Å². The lowest BCUT2D eigenvalue weighted by molar-refractivity contribution is 0.122. The Balaban J connectivity index is 1.50. The number of aryl methyl sites for hydroxylation is 2. The first-order valence-electron chi connectivity index (χ1n) is 9.94. The highest BCUT2D eigenvalue weighted by Crippen LogP contribution is 2.24. The first-order valence-corrected chi connectivity index (χ1v) is 9.94. The Hall–Kier alpha value is -2.34. The molecule has 0 atom stereocenters. The molecule has 2 aromatic rings. The number of para-hydroxylation sites is 1. The van der Waals surface area contributed by atoms with Crippen LogP contribution in [0.3, 0.4) is 0 Å². The molecular formula is C21H29N5O. The third-order valence-corrected chi connectivity index (χ3v) is 5.40. The summed E-state index contributed by atoms with van der Waals surface area (Å²) in [5, 5.41) is 0. The molecule has 6 nitrogen and oxygen atoms in total.